The second-order valence-electron chi connectivity index (χ2n) is 5.42. The lowest BCUT2D eigenvalue weighted by atomic mass is 10.1. The first-order valence-corrected chi connectivity index (χ1v) is 7.42. The lowest BCUT2D eigenvalue weighted by Crippen LogP contribution is -2.37. The van der Waals surface area contributed by atoms with Crippen molar-refractivity contribution in [2.24, 2.45) is 0 Å². The molecule has 1 aromatic heterocycles. The molecule has 1 aliphatic rings. The molecule has 1 fully saturated rings. The van der Waals surface area contributed by atoms with E-state index in [1.807, 2.05) is 0 Å². The number of hydrogen-bond donors (Lipinski definition) is 3. The van der Waals surface area contributed by atoms with Gasteiger partial charge in [-0.1, -0.05) is 18.2 Å². The summed E-state index contributed by atoms with van der Waals surface area (Å²) in [6, 6.07) is 8.28. The minimum atomic E-state index is -1.45. The van der Waals surface area contributed by atoms with Crippen LogP contribution in [0, 0.1) is 0 Å². The molecule has 0 spiro atoms. The summed E-state index contributed by atoms with van der Waals surface area (Å²) in [5, 5.41) is 23.9. The van der Waals surface area contributed by atoms with Crippen LogP contribution in [0.15, 0.2) is 41.3 Å². The standard InChI is InChI=1S/C15H16N4O6/c16-10-6-17-19(15(23)18-10)13-12(21)11(20)9(25-13)7-24-14(22)8-4-2-1-3-5-8/h1-6,9,11-13,20-21H,7H2,(H2,16,18,23)/t9-,11-,12+,13+/m1/s1. The Morgan fingerprint density at radius 2 is 2.00 bits per heavy atom. The SMILES string of the molecule is Nc1cnn([C@H]2O[C@H](COC(=O)c3ccccc3)[C@@H](O)[C@@H]2O)c(=O)n1. The lowest BCUT2D eigenvalue weighted by Gasteiger charge is -2.15. The number of benzene rings is 1. The van der Waals surface area contributed by atoms with Crippen LogP contribution in [0.3, 0.4) is 0 Å². The average Bonchev–Trinajstić information content (AvgIpc) is 2.89. The number of aliphatic hydroxyl groups excluding tert-OH is 2. The van der Waals surface area contributed by atoms with E-state index >= 15 is 0 Å². The molecule has 10 heteroatoms. The number of esters is 1. The molecule has 0 radical (unpaired) electrons. The summed E-state index contributed by atoms with van der Waals surface area (Å²) in [7, 11) is 0. The predicted octanol–water partition coefficient (Wildman–Crippen LogP) is -1.30. The van der Waals surface area contributed by atoms with Crippen LogP contribution in [0.1, 0.15) is 16.6 Å². The van der Waals surface area contributed by atoms with Crippen LogP contribution in [0.25, 0.3) is 0 Å². The molecule has 4 atom stereocenters. The molecule has 2 heterocycles. The number of aliphatic hydroxyl groups is 2. The van der Waals surface area contributed by atoms with E-state index < -0.39 is 36.2 Å². The number of nitrogen functional groups attached to an aromatic ring is 1. The van der Waals surface area contributed by atoms with Crippen molar-refractivity contribution < 1.29 is 24.5 Å². The molecule has 1 aromatic carbocycles. The Kier molecular flexibility index (Phi) is 4.74. The van der Waals surface area contributed by atoms with Crippen molar-refractivity contribution >= 4 is 11.8 Å². The number of hydrogen-bond acceptors (Lipinski definition) is 9. The van der Waals surface area contributed by atoms with Gasteiger partial charge in [-0.15, -0.1) is 0 Å². The normalized spacial score (nSPS) is 25.7. The van der Waals surface area contributed by atoms with Gasteiger partial charge in [-0.3, -0.25) is 0 Å². The zero-order chi connectivity index (χ0) is 18.0. The molecule has 3 rings (SSSR count). The molecule has 10 nitrogen and oxygen atoms in total. The lowest BCUT2D eigenvalue weighted by molar-refractivity contribution is -0.0657. The van der Waals surface area contributed by atoms with E-state index in [0.29, 0.717) is 5.56 Å². The summed E-state index contributed by atoms with van der Waals surface area (Å²) >= 11 is 0. The highest BCUT2D eigenvalue weighted by Crippen LogP contribution is 2.28. The summed E-state index contributed by atoms with van der Waals surface area (Å²) in [4.78, 5) is 27.2. The third-order valence-corrected chi connectivity index (χ3v) is 3.70. The minimum Gasteiger partial charge on any atom is -0.459 e. The zero-order valence-electron chi connectivity index (χ0n) is 12.9. The highest BCUT2D eigenvalue weighted by Gasteiger charge is 2.45. The first-order valence-electron chi connectivity index (χ1n) is 7.42. The van der Waals surface area contributed by atoms with Crippen molar-refractivity contribution in [3.8, 4) is 0 Å². The van der Waals surface area contributed by atoms with Crippen molar-refractivity contribution in [2.45, 2.75) is 24.5 Å². The van der Waals surface area contributed by atoms with Crippen LogP contribution in [0.4, 0.5) is 5.82 Å². The topological polar surface area (TPSA) is 150 Å². The first kappa shape index (κ1) is 17.0. The maximum atomic E-state index is 11.9. The van der Waals surface area contributed by atoms with Gasteiger partial charge in [-0.05, 0) is 12.1 Å². The van der Waals surface area contributed by atoms with Gasteiger partial charge in [0.05, 0.1) is 11.8 Å². The number of carbonyl (C=O) groups excluding carboxylic acids is 1. The van der Waals surface area contributed by atoms with Crippen LogP contribution in [-0.2, 0) is 9.47 Å². The van der Waals surface area contributed by atoms with Crippen LogP contribution in [0.5, 0.6) is 0 Å². The molecule has 0 aliphatic carbocycles. The molecule has 0 unspecified atom stereocenters. The molecular weight excluding hydrogens is 332 g/mol. The Labute approximate surface area is 141 Å². The second-order valence-corrected chi connectivity index (χ2v) is 5.42. The van der Waals surface area contributed by atoms with Crippen molar-refractivity contribution in [2.75, 3.05) is 12.3 Å². The monoisotopic (exact) mass is 348 g/mol. The maximum absolute atomic E-state index is 11.9. The van der Waals surface area contributed by atoms with Crippen LogP contribution in [0.2, 0.25) is 0 Å². The van der Waals surface area contributed by atoms with Gasteiger partial charge >= 0.3 is 11.7 Å². The fraction of sp³-hybridized carbons (Fsp3) is 0.333. The number of carbonyl (C=O) groups is 1. The number of ether oxygens (including phenoxy) is 2. The van der Waals surface area contributed by atoms with Gasteiger partial charge in [0.1, 0.15) is 30.7 Å². The molecule has 0 saturated carbocycles. The van der Waals surface area contributed by atoms with Crippen molar-refractivity contribution in [3.63, 3.8) is 0 Å². The Morgan fingerprint density at radius 3 is 2.68 bits per heavy atom. The summed E-state index contributed by atoms with van der Waals surface area (Å²) < 4.78 is 11.3. The van der Waals surface area contributed by atoms with Gasteiger partial charge in [0.15, 0.2) is 6.23 Å². The number of aromatic nitrogens is 3. The summed E-state index contributed by atoms with van der Waals surface area (Å²) in [5.41, 5.74) is 4.86. The molecule has 0 amide bonds. The summed E-state index contributed by atoms with van der Waals surface area (Å²) in [5.74, 6) is -0.679. The summed E-state index contributed by atoms with van der Waals surface area (Å²) in [6.45, 7) is -0.306. The van der Waals surface area contributed by atoms with Crippen LogP contribution in [-0.4, -0.2) is 55.9 Å². The molecule has 1 saturated heterocycles. The largest absolute Gasteiger partial charge is 0.459 e. The molecule has 132 valence electrons. The smallest absolute Gasteiger partial charge is 0.368 e. The highest BCUT2D eigenvalue weighted by molar-refractivity contribution is 5.89. The molecule has 2 aromatic rings. The zero-order valence-corrected chi connectivity index (χ0v) is 12.9. The first-order chi connectivity index (χ1) is 12.0. The van der Waals surface area contributed by atoms with E-state index in [4.69, 9.17) is 15.2 Å². The molecule has 4 N–H and O–H groups in total. The van der Waals surface area contributed by atoms with E-state index in [2.05, 4.69) is 10.1 Å². The van der Waals surface area contributed by atoms with Gasteiger partial charge < -0.3 is 25.4 Å². The maximum Gasteiger partial charge on any atom is 0.368 e. The quantitative estimate of drug-likeness (QED) is 0.573. The Morgan fingerprint density at radius 1 is 1.28 bits per heavy atom. The highest BCUT2D eigenvalue weighted by atomic mass is 16.6. The van der Waals surface area contributed by atoms with Crippen molar-refractivity contribution in [1.82, 2.24) is 14.8 Å². The van der Waals surface area contributed by atoms with Crippen LogP contribution < -0.4 is 11.4 Å². The van der Waals surface area contributed by atoms with E-state index in [1.165, 1.54) is 0 Å². The average molecular weight is 348 g/mol. The van der Waals surface area contributed by atoms with Gasteiger partial charge in [0.25, 0.3) is 0 Å². The Hall–Kier alpha value is -2.82. The van der Waals surface area contributed by atoms with Gasteiger partial charge in [0, 0.05) is 0 Å². The third kappa shape index (κ3) is 3.50. The minimum absolute atomic E-state index is 0.0809. The fourth-order valence-corrected chi connectivity index (χ4v) is 2.42. The number of rotatable bonds is 4. The molecule has 0 bridgehead atoms. The summed E-state index contributed by atoms with van der Waals surface area (Å²) in [6.07, 6.45) is -4.00. The van der Waals surface area contributed by atoms with Gasteiger partial charge in [-0.25, -0.2) is 9.59 Å². The van der Waals surface area contributed by atoms with Gasteiger partial charge in [0.2, 0.25) is 0 Å². The van der Waals surface area contributed by atoms with E-state index in [-0.39, 0.29) is 12.4 Å². The second kappa shape index (κ2) is 6.97. The number of nitrogens with two attached hydrogens (primary N) is 1. The Bertz CT molecular complexity index is 811. The number of anilines is 1. The van der Waals surface area contributed by atoms with Crippen molar-refractivity contribution in [3.05, 3.63) is 52.6 Å². The number of nitrogens with zero attached hydrogens (tertiary/aromatic N) is 3. The van der Waals surface area contributed by atoms with Gasteiger partial charge in [-0.2, -0.15) is 14.8 Å². The third-order valence-electron chi connectivity index (χ3n) is 3.70. The fourth-order valence-electron chi connectivity index (χ4n) is 2.42. The van der Waals surface area contributed by atoms with E-state index in [0.717, 1.165) is 10.9 Å². The molecule has 1 aliphatic heterocycles. The van der Waals surface area contributed by atoms with E-state index in [9.17, 15) is 19.8 Å². The van der Waals surface area contributed by atoms with E-state index in [1.54, 1.807) is 30.3 Å². The molecule has 25 heavy (non-hydrogen) atoms. The predicted molar refractivity (Wildman–Crippen MR) is 83.4 cm³/mol. The van der Waals surface area contributed by atoms with Crippen LogP contribution >= 0.6 is 0 Å². The molecular formula is C15H16N4O6. The van der Waals surface area contributed by atoms with Crippen molar-refractivity contribution in [1.29, 1.82) is 0 Å². The Balaban J connectivity index is 1.68.